The Balaban J connectivity index is 1.63. The van der Waals surface area contributed by atoms with Gasteiger partial charge in [0.1, 0.15) is 23.1 Å². The third-order valence-electron chi connectivity index (χ3n) is 5.41. The molecule has 158 valence electrons. The highest BCUT2D eigenvalue weighted by Crippen LogP contribution is 2.47. The number of nitrogens with zero attached hydrogens (tertiary/aromatic N) is 1. The number of ether oxygens (including phenoxy) is 1. The zero-order valence-corrected chi connectivity index (χ0v) is 16.9. The molecule has 2 aromatic carbocycles. The van der Waals surface area contributed by atoms with E-state index in [9.17, 15) is 18.4 Å². The number of ketones is 1. The second kappa shape index (κ2) is 7.15. The van der Waals surface area contributed by atoms with Crippen LogP contribution in [0.4, 0.5) is 18.0 Å². The van der Waals surface area contributed by atoms with Gasteiger partial charge in [-0.1, -0.05) is 18.2 Å². The Morgan fingerprint density at radius 2 is 1.80 bits per heavy atom. The monoisotopic (exact) mass is 417 g/mol. The summed E-state index contributed by atoms with van der Waals surface area (Å²) in [5.74, 6) is -2.62. The van der Waals surface area contributed by atoms with Gasteiger partial charge in [0.05, 0.1) is 6.04 Å². The van der Waals surface area contributed by atoms with Crippen LogP contribution in [0.1, 0.15) is 32.8 Å². The number of carbonyl (C=O) groups excluding carboxylic acids is 2. The number of hydrogen-bond donors (Lipinski definition) is 0. The Morgan fingerprint density at radius 3 is 2.43 bits per heavy atom. The van der Waals surface area contributed by atoms with E-state index >= 15 is 4.39 Å². The predicted octanol–water partition coefficient (Wildman–Crippen LogP) is 4.89. The quantitative estimate of drug-likeness (QED) is 0.714. The minimum atomic E-state index is -0.822. The van der Waals surface area contributed by atoms with Crippen molar-refractivity contribution < 1.29 is 27.5 Å². The molecule has 1 aliphatic carbocycles. The highest BCUT2D eigenvalue weighted by Gasteiger charge is 2.60. The second-order valence-corrected chi connectivity index (χ2v) is 8.86. The Kier molecular flexibility index (Phi) is 4.87. The fourth-order valence-electron chi connectivity index (χ4n) is 4.06. The van der Waals surface area contributed by atoms with Crippen LogP contribution in [0.15, 0.2) is 36.4 Å². The second-order valence-electron chi connectivity index (χ2n) is 8.86. The molecular weight excluding hydrogens is 395 g/mol. The third kappa shape index (κ3) is 3.80. The minimum Gasteiger partial charge on any atom is -0.444 e. The topological polar surface area (TPSA) is 46.6 Å². The van der Waals surface area contributed by atoms with E-state index in [0.29, 0.717) is 12.5 Å². The Hall–Kier alpha value is -2.83. The van der Waals surface area contributed by atoms with E-state index in [0.717, 1.165) is 12.1 Å². The summed E-state index contributed by atoms with van der Waals surface area (Å²) in [6, 6.07) is 6.29. The molecule has 1 aliphatic heterocycles. The molecule has 2 aromatic rings. The van der Waals surface area contributed by atoms with Gasteiger partial charge in [-0.2, -0.15) is 0 Å². The maximum Gasteiger partial charge on any atom is 0.411 e. The normalized spacial score (nSPS) is 22.8. The summed E-state index contributed by atoms with van der Waals surface area (Å²) in [4.78, 5) is 26.8. The van der Waals surface area contributed by atoms with E-state index in [1.165, 1.54) is 17.0 Å². The van der Waals surface area contributed by atoms with Gasteiger partial charge >= 0.3 is 6.09 Å². The molecule has 3 atom stereocenters. The van der Waals surface area contributed by atoms with Gasteiger partial charge in [-0.3, -0.25) is 9.69 Å². The standard InChI is InChI=1S/C23H22F3NO3/c1-23(2,3)30-22(29)27-18-11-17(18)21(28)19(27)9-12-5-4-6-16(20(12)26)13-7-14(24)10-15(25)8-13/h4-8,10,17-19H,9,11H2,1-3H3. The molecule has 2 fully saturated rings. The van der Waals surface area contributed by atoms with Crippen molar-refractivity contribution in [3.05, 3.63) is 59.4 Å². The number of likely N-dealkylation sites (tertiary alicyclic amines) is 1. The third-order valence-corrected chi connectivity index (χ3v) is 5.41. The molecule has 1 heterocycles. The lowest BCUT2D eigenvalue weighted by Crippen LogP contribution is -2.45. The van der Waals surface area contributed by atoms with Crippen LogP contribution in [0.3, 0.4) is 0 Å². The van der Waals surface area contributed by atoms with Crippen LogP contribution in [0.5, 0.6) is 0 Å². The first kappa shape index (κ1) is 20.4. The van der Waals surface area contributed by atoms with Gasteiger partial charge in [-0.05, 0) is 50.5 Å². The number of Topliss-reactive ketones (excluding diaryl/α,β-unsaturated/α-hetero) is 1. The van der Waals surface area contributed by atoms with Crippen molar-refractivity contribution in [3.8, 4) is 11.1 Å². The highest BCUT2D eigenvalue weighted by atomic mass is 19.1. The summed E-state index contributed by atoms with van der Waals surface area (Å²) in [7, 11) is 0. The summed E-state index contributed by atoms with van der Waals surface area (Å²) < 4.78 is 47.8. The molecule has 30 heavy (non-hydrogen) atoms. The first-order valence-corrected chi connectivity index (χ1v) is 9.84. The number of carbonyl (C=O) groups is 2. The molecule has 3 unspecified atom stereocenters. The number of hydrogen-bond acceptors (Lipinski definition) is 3. The Morgan fingerprint density at radius 1 is 1.13 bits per heavy atom. The first-order chi connectivity index (χ1) is 14.0. The van der Waals surface area contributed by atoms with Crippen LogP contribution < -0.4 is 0 Å². The van der Waals surface area contributed by atoms with Crippen LogP contribution in [0, 0.1) is 23.4 Å². The molecule has 0 bridgehead atoms. The van der Waals surface area contributed by atoms with Crippen molar-refractivity contribution in [1.29, 1.82) is 0 Å². The molecule has 0 N–H and O–H groups in total. The zero-order valence-electron chi connectivity index (χ0n) is 16.9. The van der Waals surface area contributed by atoms with Gasteiger partial charge < -0.3 is 4.74 Å². The number of amides is 1. The molecule has 1 saturated heterocycles. The molecule has 4 nitrogen and oxygen atoms in total. The van der Waals surface area contributed by atoms with Crippen LogP contribution in [0.25, 0.3) is 11.1 Å². The largest absolute Gasteiger partial charge is 0.444 e. The van der Waals surface area contributed by atoms with Crippen molar-refractivity contribution in [1.82, 2.24) is 4.90 Å². The van der Waals surface area contributed by atoms with Gasteiger partial charge in [-0.15, -0.1) is 0 Å². The maximum absolute atomic E-state index is 15.2. The van der Waals surface area contributed by atoms with Crippen molar-refractivity contribution >= 4 is 11.9 Å². The average molecular weight is 417 g/mol. The molecule has 0 radical (unpaired) electrons. The first-order valence-electron chi connectivity index (χ1n) is 9.84. The number of benzene rings is 2. The van der Waals surface area contributed by atoms with E-state index < -0.39 is 35.2 Å². The van der Waals surface area contributed by atoms with Crippen LogP contribution in [-0.4, -0.2) is 34.5 Å². The summed E-state index contributed by atoms with van der Waals surface area (Å²) in [6.07, 6.45) is -0.0167. The van der Waals surface area contributed by atoms with Crippen LogP contribution >= 0.6 is 0 Å². The van der Waals surface area contributed by atoms with Crippen molar-refractivity contribution in [2.45, 2.75) is 51.3 Å². The molecule has 0 aromatic heterocycles. The van der Waals surface area contributed by atoms with E-state index in [1.807, 2.05) is 0 Å². The van der Waals surface area contributed by atoms with Crippen molar-refractivity contribution in [2.75, 3.05) is 0 Å². The fraction of sp³-hybridized carbons (Fsp3) is 0.391. The van der Waals surface area contributed by atoms with E-state index in [2.05, 4.69) is 0 Å². The molecular formula is C23H22F3NO3. The maximum atomic E-state index is 15.2. The summed E-state index contributed by atoms with van der Waals surface area (Å²) in [5.41, 5.74) is -0.420. The zero-order chi connectivity index (χ0) is 21.8. The van der Waals surface area contributed by atoms with Gasteiger partial charge in [0.25, 0.3) is 0 Å². The lowest BCUT2D eigenvalue weighted by Gasteiger charge is -2.30. The van der Waals surface area contributed by atoms with Gasteiger partial charge in [0.15, 0.2) is 5.78 Å². The highest BCUT2D eigenvalue weighted by molar-refractivity contribution is 5.96. The number of halogens is 3. The fourth-order valence-corrected chi connectivity index (χ4v) is 4.06. The average Bonchev–Trinajstić information content (AvgIpc) is 3.34. The molecule has 2 aliphatic rings. The van der Waals surface area contributed by atoms with Crippen molar-refractivity contribution in [2.24, 2.45) is 5.92 Å². The van der Waals surface area contributed by atoms with Crippen molar-refractivity contribution in [3.63, 3.8) is 0 Å². The predicted molar refractivity (Wildman–Crippen MR) is 104 cm³/mol. The smallest absolute Gasteiger partial charge is 0.411 e. The van der Waals surface area contributed by atoms with Gasteiger partial charge in [0, 0.05) is 30.0 Å². The molecule has 7 heteroatoms. The van der Waals surface area contributed by atoms with Gasteiger partial charge in [0.2, 0.25) is 0 Å². The minimum absolute atomic E-state index is 0.0253. The Bertz CT molecular complexity index is 1010. The molecule has 0 spiro atoms. The molecule has 1 saturated carbocycles. The lowest BCUT2D eigenvalue weighted by atomic mass is 9.96. The number of piperidine rings is 1. The van der Waals surface area contributed by atoms with E-state index in [4.69, 9.17) is 4.74 Å². The van der Waals surface area contributed by atoms with Crippen LogP contribution in [0.2, 0.25) is 0 Å². The number of rotatable bonds is 3. The summed E-state index contributed by atoms with van der Waals surface area (Å²) in [6.45, 7) is 5.22. The summed E-state index contributed by atoms with van der Waals surface area (Å²) in [5, 5.41) is 0. The van der Waals surface area contributed by atoms with E-state index in [1.54, 1.807) is 26.8 Å². The van der Waals surface area contributed by atoms with E-state index in [-0.39, 0.29) is 40.9 Å². The van der Waals surface area contributed by atoms with Gasteiger partial charge in [-0.25, -0.2) is 18.0 Å². The lowest BCUT2D eigenvalue weighted by molar-refractivity contribution is -0.122. The summed E-state index contributed by atoms with van der Waals surface area (Å²) >= 11 is 0. The molecule has 1 amide bonds. The SMILES string of the molecule is CC(C)(C)OC(=O)N1C(Cc2cccc(-c3cc(F)cc(F)c3)c2F)C(=O)C2CC21. The molecule has 4 rings (SSSR count). The van der Waals surface area contributed by atoms with Crippen LogP contribution in [-0.2, 0) is 16.0 Å². The number of fused-ring (bicyclic) bond motifs is 1. The Labute approximate surface area is 172 Å².